The van der Waals surface area contributed by atoms with Crippen molar-refractivity contribution in [2.24, 2.45) is 0 Å². The zero-order valence-corrected chi connectivity index (χ0v) is 12.0. The van der Waals surface area contributed by atoms with E-state index >= 15 is 0 Å². The summed E-state index contributed by atoms with van der Waals surface area (Å²) in [6, 6.07) is 3.47. The lowest BCUT2D eigenvalue weighted by atomic mass is 10.3. The van der Waals surface area contributed by atoms with E-state index in [0.717, 1.165) is 39.3 Å². The molecule has 0 radical (unpaired) electrons. The highest BCUT2D eigenvalue weighted by atomic mass is 16.5. The second-order valence-corrected chi connectivity index (χ2v) is 4.98. The van der Waals surface area contributed by atoms with Gasteiger partial charge < -0.3 is 24.7 Å². The van der Waals surface area contributed by atoms with Gasteiger partial charge in [0.25, 0.3) is 0 Å². The van der Waals surface area contributed by atoms with Crippen LogP contribution in [0.5, 0.6) is 0 Å². The van der Waals surface area contributed by atoms with E-state index in [-0.39, 0.29) is 6.54 Å². The lowest BCUT2D eigenvalue weighted by Gasteiger charge is -2.23. The molecule has 7 nitrogen and oxygen atoms in total. The van der Waals surface area contributed by atoms with Crippen molar-refractivity contribution in [3.63, 3.8) is 0 Å². The molecular weight excluding hydrogens is 274 g/mol. The molecule has 0 aliphatic carbocycles. The quantitative estimate of drug-likeness (QED) is 0.432. The van der Waals surface area contributed by atoms with Crippen LogP contribution in [0, 0.1) is 0 Å². The predicted octanol–water partition coefficient (Wildman–Crippen LogP) is -1.68. The lowest BCUT2D eigenvalue weighted by Crippen LogP contribution is -3.14. The molecular formula is C14H22N3O4+. The summed E-state index contributed by atoms with van der Waals surface area (Å²) >= 11 is 0. The minimum atomic E-state index is -0.634. The van der Waals surface area contributed by atoms with E-state index in [1.807, 2.05) is 0 Å². The van der Waals surface area contributed by atoms with E-state index in [1.54, 1.807) is 12.1 Å². The van der Waals surface area contributed by atoms with Crippen molar-refractivity contribution in [3.8, 4) is 0 Å². The normalized spacial score (nSPS) is 15.6. The average Bonchev–Trinajstić information content (AvgIpc) is 3.03. The third-order valence-electron chi connectivity index (χ3n) is 3.40. The summed E-state index contributed by atoms with van der Waals surface area (Å²) in [6.07, 6.45) is 2.38. The predicted molar refractivity (Wildman–Crippen MR) is 74.6 cm³/mol. The van der Waals surface area contributed by atoms with E-state index in [2.05, 4.69) is 10.6 Å². The van der Waals surface area contributed by atoms with Gasteiger partial charge in [-0.2, -0.15) is 0 Å². The van der Waals surface area contributed by atoms with Gasteiger partial charge in [0, 0.05) is 13.0 Å². The number of quaternary nitrogens is 1. The van der Waals surface area contributed by atoms with E-state index in [9.17, 15) is 9.59 Å². The van der Waals surface area contributed by atoms with Crippen molar-refractivity contribution in [2.45, 2.75) is 13.0 Å². The molecule has 7 heteroatoms. The summed E-state index contributed by atoms with van der Waals surface area (Å²) in [5, 5.41) is 5.13. The molecule has 2 rings (SSSR count). The minimum absolute atomic E-state index is 0.219. The number of carbonyl (C=O) groups is 2. The van der Waals surface area contributed by atoms with Gasteiger partial charge in [-0.3, -0.25) is 9.59 Å². The maximum Gasteiger partial charge on any atom is 0.309 e. The van der Waals surface area contributed by atoms with Crippen molar-refractivity contribution in [3.05, 3.63) is 24.2 Å². The molecule has 21 heavy (non-hydrogen) atoms. The summed E-state index contributed by atoms with van der Waals surface area (Å²) in [5.41, 5.74) is 0. The fourth-order valence-corrected chi connectivity index (χ4v) is 2.19. The van der Waals surface area contributed by atoms with Crippen LogP contribution in [0.1, 0.15) is 12.2 Å². The molecule has 1 fully saturated rings. The molecule has 0 atom stereocenters. The highest BCUT2D eigenvalue weighted by Gasteiger charge is 2.15. The van der Waals surface area contributed by atoms with Crippen LogP contribution >= 0.6 is 0 Å². The van der Waals surface area contributed by atoms with Crippen LogP contribution in [-0.2, 0) is 20.9 Å². The third kappa shape index (κ3) is 5.57. The fraction of sp³-hybridized carbons (Fsp3) is 0.571. The molecule has 1 aromatic rings. The molecule has 2 amide bonds. The Bertz CT molecular complexity index is 441. The van der Waals surface area contributed by atoms with Crippen LogP contribution in [0.2, 0.25) is 0 Å². The molecule has 116 valence electrons. The molecule has 0 bridgehead atoms. The minimum Gasteiger partial charge on any atom is -0.467 e. The number of morpholine rings is 1. The lowest BCUT2D eigenvalue weighted by molar-refractivity contribution is -0.908. The van der Waals surface area contributed by atoms with Crippen LogP contribution in [-0.4, -0.2) is 51.2 Å². The third-order valence-corrected chi connectivity index (χ3v) is 3.40. The summed E-state index contributed by atoms with van der Waals surface area (Å²) in [5.74, 6) is -0.615. The van der Waals surface area contributed by atoms with Crippen LogP contribution in [0.25, 0.3) is 0 Å². The zero-order chi connectivity index (χ0) is 14.9. The Hall–Kier alpha value is -1.86. The first-order valence-corrected chi connectivity index (χ1v) is 7.25. The van der Waals surface area contributed by atoms with Gasteiger partial charge >= 0.3 is 11.8 Å². The van der Waals surface area contributed by atoms with Gasteiger partial charge in [0.05, 0.1) is 32.6 Å². The van der Waals surface area contributed by atoms with Gasteiger partial charge in [0.2, 0.25) is 0 Å². The zero-order valence-electron chi connectivity index (χ0n) is 12.0. The number of hydrogen-bond acceptors (Lipinski definition) is 4. The van der Waals surface area contributed by atoms with Crippen LogP contribution in [0.4, 0.5) is 0 Å². The van der Waals surface area contributed by atoms with Gasteiger partial charge in [-0.25, -0.2) is 0 Å². The molecule has 0 saturated carbocycles. The second kappa shape index (κ2) is 8.43. The van der Waals surface area contributed by atoms with Crippen LogP contribution in [0.15, 0.2) is 22.8 Å². The summed E-state index contributed by atoms with van der Waals surface area (Å²) in [4.78, 5) is 24.6. The number of hydrogen-bond donors (Lipinski definition) is 3. The summed E-state index contributed by atoms with van der Waals surface area (Å²) in [7, 11) is 0. The summed E-state index contributed by atoms with van der Waals surface area (Å²) < 4.78 is 10.4. The molecule has 1 aliphatic heterocycles. The monoisotopic (exact) mass is 296 g/mol. The number of amides is 2. The van der Waals surface area contributed by atoms with Crippen LogP contribution in [0.3, 0.4) is 0 Å². The molecule has 0 unspecified atom stereocenters. The number of ether oxygens (including phenoxy) is 1. The van der Waals surface area contributed by atoms with Gasteiger partial charge in [0.15, 0.2) is 0 Å². The van der Waals surface area contributed by atoms with Gasteiger partial charge in [0.1, 0.15) is 18.8 Å². The van der Waals surface area contributed by atoms with Crippen molar-refractivity contribution in [2.75, 3.05) is 39.4 Å². The molecule has 3 N–H and O–H groups in total. The van der Waals surface area contributed by atoms with Gasteiger partial charge in [-0.05, 0) is 12.1 Å². The van der Waals surface area contributed by atoms with E-state index in [0.29, 0.717) is 12.3 Å². The first-order valence-electron chi connectivity index (χ1n) is 7.25. The molecule has 0 spiro atoms. The van der Waals surface area contributed by atoms with Gasteiger partial charge in [-0.15, -0.1) is 0 Å². The molecule has 1 saturated heterocycles. The Balaban J connectivity index is 1.54. The maximum absolute atomic E-state index is 11.6. The van der Waals surface area contributed by atoms with Crippen molar-refractivity contribution < 1.29 is 23.6 Å². The Morgan fingerprint density at radius 3 is 2.67 bits per heavy atom. The van der Waals surface area contributed by atoms with Crippen molar-refractivity contribution in [1.82, 2.24) is 10.6 Å². The van der Waals surface area contributed by atoms with Gasteiger partial charge in [-0.1, -0.05) is 0 Å². The largest absolute Gasteiger partial charge is 0.467 e. The summed E-state index contributed by atoms with van der Waals surface area (Å²) in [6.45, 7) is 5.34. The van der Waals surface area contributed by atoms with Crippen molar-refractivity contribution in [1.29, 1.82) is 0 Å². The molecule has 0 aromatic carbocycles. The smallest absolute Gasteiger partial charge is 0.309 e. The van der Waals surface area contributed by atoms with E-state index in [4.69, 9.17) is 9.15 Å². The number of nitrogens with one attached hydrogen (secondary N) is 3. The number of furan rings is 1. The highest BCUT2D eigenvalue weighted by Crippen LogP contribution is 1.97. The second-order valence-electron chi connectivity index (χ2n) is 4.98. The SMILES string of the molecule is O=C(NCCC[NH+]1CCOCC1)C(=O)NCc1ccco1. The maximum atomic E-state index is 11.6. The number of carbonyl (C=O) groups excluding carboxylic acids is 2. The molecule has 1 aliphatic rings. The molecule has 1 aromatic heterocycles. The van der Waals surface area contributed by atoms with Crippen molar-refractivity contribution >= 4 is 11.8 Å². The first-order chi connectivity index (χ1) is 10.3. The van der Waals surface area contributed by atoms with Crippen LogP contribution < -0.4 is 15.5 Å². The molecule has 2 heterocycles. The topological polar surface area (TPSA) is 85.0 Å². The average molecular weight is 296 g/mol. The number of rotatable bonds is 6. The Kier molecular flexibility index (Phi) is 6.23. The fourth-order valence-electron chi connectivity index (χ4n) is 2.19. The Morgan fingerprint density at radius 2 is 1.95 bits per heavy atom. The highest BCUT2D eigenvalue weighted by molar-refractivity contribution is 6.35. The standard InChI is InChI=1S/C14H21N3O4/c18-13(14(19)16-11-12-3-1-8-21-12)15-4-2-5-17-6-9-20-10-7-17/h1,3,8H,2,4-7,9-11H2,(H,15,18)(H,16,19)/p+1. The van der Waals surface area contributed by atoms with E-state index < -0.39 is 11.8 Å². The Labute approximate surface area is 123 Å². The van der Waals surface area contributed by atoms with E-state index in [1.165, 1.54) is 11.2 Å². The first kappa shape index (κ1) is 15.5. The Morgan fingerprint density at radius 1 is 1.19 bits per heavy atom.